The number of hydrogen-bond acceptors (Lipinski definition) is 13. The van der Waals surface area contributed by atoms with Crippen molar-refractivity contribution in [2.45, 2.75) is 61.4 Å². The van der Waals surface area contributed by atoms with Crippen molar-refractivity contribution in [2.75, 3.05) is 13.2 Å². The predicted molar refractivity (Wildman–Crippen MR) is 100 cm³/mol. The zero-order chi connectivity index (χ0) is 23.6. The maximum atomic E-state index is 10.7. The summed E-state index contributed by atoms with van der Waals surface area (Å²) < 4.78 is 21.5. The molecule has 0 amide bonds. The zero-order valence-electron chi connectivity index (χ0n) is 16.5. The van der Waals surface area contributed by atoms with Crippen molar-refractivity contribution >= 4 is 5.69 Å². The maximum absolute atomic E-state index is 10.7. The van der Waals surface area contributed by atoms with Gasteiger partial charge >= 0.3 is 0 Å². The standard InChI is InChI=1S/C18H25NO13/c20-5-9-11(22)12(23)14(25)18(30-9)32-16-10(6-21)31-17(15(26)13(16)24)29-8-3-1-7(2-4-8)19(27)28/h1-4,9-18,20-26H,5-6H2/t9-,10-,11-,12+,13-,14-,15-,16+,17-,18?/m1/s1. The highest BCUT2D eigenvalue weighted by Gasteiger charge is 2.51. The van der Waals surface area contributed by atoms with Crippen molar-refractivity contribution in [1.82, 2.24) is 0 Å². The first-order valence-electron chi connectivity index (χ1n) is 9.67. The molecule has 0 aromatic heterocycles. The van der Waals surface area contributed by atoms with Gasteiger partial charge in [-0.15, -0.1) is 0 Å². The first-order valence-corrected chi connectivity index (χ1v) is 9.67. The number of hydrogen-bond donors (Lipinski definition) is 7. The summed E-state index contributed by atoms with van der Waals surface area (Å²) in [6, 6.07) is 4.83. The van der Waals surface area contributed by atoms with Gasteiger partial charge in [0.1, 0.15) is 54.6 Å². The molecule has 7 N–H and O–H groups in total. The molecular formula is C18H25NO13. The van der Waals surface area contributed by atoms with Crippen LogP contribution in [0.4, 0.5) is 5.69 Å². The minimum Gasteiger partial charge on any atom is -0.462 e. The number of aliphatic hydroxyl groups is 7. The summed E-state index contributed by atoms with van der Waals surface area (Å²) >= 11 is 0. The second-order valence-electron chi connectivity index (χ2n) is 7.37. The molecule has 32 heavy (non-hydrogen) atoms. The van der Waals surface area contributed by atoms with Gasteiger partial charge in [0, 0.05) is 12.1 Å². The lowest BCUT2D eigenvalue weighted by Crippen LogP contribution is -2.65. The van der Waals surface area contributed by atoms with Gasteiger partial charge in [0.15, 0.2) is 6.29 Å². The molecule has 2 heterocycles. The molecule has 0 aliphatic carbocycles. The number of nitro groups is 1. The van der Waals surface area contributed by atoms with E-state index < -0.39 is 79.5 Å². The van der Waals surface area contributed by atoms with Gasteiger partial charge in [-0.1, -0.05) is 0 Å². The average Bonchev–Trinajstić information content (AvgIpc) is 2.79. The summed E-state index contributed by atoms with van der Waals surface area (Å²) in [6.07, 6.45) is -15.7. The highest BCUT2D eigenvalue weighted by atomic mass is 16.7. The van der Waals surface area contributed by atoms with E-state index in [1.165, 1.54) is 12.1 Å². The quantitative estimate of drug-likeness (QED) is 0.155. The molecule has 0 spiro atoms. The minimum atomic E-state index is -1.77. The van der Waals surface area contributed by atoms with Crippen molar-refractivity contribution in [3.05, 3.63) is 34.4 Å². The summed E-state index contributed by atoms with van der Waals surface area (Å²) in [4.78, 5) is 10.1. The fourth-order valence-corrected chi connectivity index (χ4v) is 3.43. The van der Waals surface area contributed by atoms with E-state index in [1.54, 1.807) is 0 Å². The van der Waals surface area contributed by atoms with Crippen LogP contribution in [-0.2, 0) is 14.2 Å². The van der Waals surface area contributed by atoms with Crippen molar-refractivity contribution in [2.24, 2.45) is 0 Å². The normalized spacial score (nSPS) is 40.1. The van der Waals surface area contributed by atoms with Crippen molar-refractivity contribution in [1.29, 1.82) is 0 Å². The van der Waals surface area contributed by atoms with Crippen LogP contribution in [0, 0.1) is 10.1 Å². The number of non-ortho nitro benzene ring substituents is 1. The van der Waals surface area contributed by atoms with Gasteiger partial charge in [-0.2, -0.15) is 0 Å². The summed E-state index contributed by atoms with van der Waals surface area (Å²) in [5, 5.41) is 80.4. The Morgan fingerprint density at radius 2 is 1.38 bits per heavy atom. The lowest BCUT2D eigenvalue weighted by Gasteiger charge is -2.45. The van der Waals surface area contributed by atoms with E-state index in [1.807, 2.05) is 0 Å². The molecule has 1 aromatic rings. The second kappa shape index (κ2) is 10.3. The van der Waals surface area contributed by atoms with Gasteiger partial charge in [0.25, 0.3) is 5.69 Å². The smallest absolute Gasteiger partial charge is 0.269 e. The molecule has 2 aliphatic heterocycles. The van der Waals surface area contributed by atoms with Gasteiger partial charge in [0.05, 0.1) is 18.1 Å². The second-order valence-corrected chi connectivity index (χ2v) is 7.37. The average molecular weight is 463 g/mol. The van der Waals surface area contributed by atoms with Crippen molar-refractivity contribution in [3.63, 3.8) is 0 Å². The molecule has 2 fully saturated rings. The van der Waals surface area contributed by atoms with Crippen LogP contribution in [-0.4, -0.2) is 115 Å². The molecule has 2 aliphatic rings. The molecule has 3 rings (SSSR count). The third-order valence-electron chi connectivity index (χ3n) is 5.26. The molecule has 1 aromatic carbocycles. The van der Waals surface area contributed by atoms with Crippen LogP contribution in [0.15, 0.2) is 24.3 Å². The van der Waals surface area contributed by atoms with E-state index in [2.05, 4.69) is 0 Å². The van der Waals surface area contributed by atoms with E-state index in [0.717, 1.165) is 12.1 Å². The number of ether oxygens (including phenoxy) is 4. The molecule has 0 saturated carbocycles. The van der Waals surface area contributed by atoms with Crippen molar-refractivity contribution in [3.8, 4) is 5.75 Å². The van der Waals surface area contributed by atoms with E-state index in [-0.39, 0.29) is 11.4 Å². The third-order valence-corrected chi connectivity index (χ3v) is 5.26. The van der Waals surface area contributed by atoms with Crippen LogP contribution >= 0.6 is 0 Å². The van der Waals surface area contributed by atoms with Gasteiger partial charge in [-0.25, -0.2) is 0 Å². The molecule has 14 nitrogen and oxygen atoms in total. The largest absolute Gasteiger partial charge is 0.462 e. The molecule has 2 saturated heterocycles. The SMILES string of the molecule is O=[N+]([O-])c1ccc(O[C@@H]2O[C@H](CO)[C@H](OC3O[C@H](CO)[C@@H](O)[C@H](O)[C@H]3O)[C@H](O)[C@H]2O)cc1. The Kier molecular flexibility index (Phi) is 7.94. The Morgan fingerprint density at radius 1 is 0.812 bits per heavy atom. The molecule has 0 radical (unpaired) electrons. The summed E-state index contributed by atoms with van der Waals surface area (Å²) in [5.74, 6) is 0.0804. The molecule has 180 valence electrons. The fourth-order valence-electron chi connectivity index (χ4n) is 3.43. The molecule has 14 heteroatoms. The van der Waals surface area contributed by atoms with E-state index in [9.17, 15) is 45.9 Å². The Balaban J connectivity index is 1.70. The summed E-state index contributed by atoms with van der Waals surface area (Å²) in [7, 11) is 0. The predicted octanol–water partition coefficient (Wildman–Crippen LogP) is -3.40. The Bertz CT molecular complexity index is 760. The maximum Gasteiger partial charge on any atom is 0.269 e. The van der Waals surface area contributed by atoms with Crippen LogP contribution in [0.5, 0.6) is 5.75 Å². The first kappa shape index (κ1) is 24.7. The topological polar surface area (TPSA) is 222 Å². The van der Waals surface area contributed by atoms with Crippen LogP contribution in [0.25, 0.3) is 0 Å². The molecular weight excluding hydrogens is 438 g/mol. The summed E-state index contributed by atoms with van der Waals surface area (Å²) in [6.45, 7) is -1.42. The number of nitrogens with zero attached hydrogens (tertiary/aromatic N) is 1. The van der Waals surface area contributed by atoms with E-state index in [4.69, 9.17) is 18.9 Å². The Labute approximate surface area is 180 Å². The van der Waals surface area contributed by atoms with E-state index >= 15 is 0 Å². The Morgan fingerprint density at radius 3 is 1.94 bits per heavy atom. The number of nitro benzene ring substituents is 1. The molecule has 10 atom stereocenters. The number of aliphatic hydroxyl groups excluding tert-OH is 7. The van der Waals surface area contributed by atoms with Gasteiger partial charge in [0.2, 0.25) is 6.29 Å². The monoisotopic (exact) mass is 463 g/mol. The Hall–Kier alpha value is -1.98. The lowest BCUT2D eigenvalue weighted by atomic mass is 9.97. The van der Waals surface area contributed by atoms with Crippen LogP contribution < -0.4 is 4.74 Å². The number of rotatable bonds is 7. The molecule has 0 bridgehead atoms. The fraction of sp³-hybridized carbons (Fsp3) is 0.667. The lowest BCUT2D eigenvalue weighted by molar-refractivity contribution is -0.384. The minimum absolute atomic E-state index is 0.0804. The van der Waals surface area contributed by atoms with E-state index in [0.29, 0.717) is 0 Å². The van der Waals surface area contributed by atoms with Crippen LogP contribution in [0.1, 0.15) is 0 Å². The number of benzene rings is 1. The highest BCUT2D eigenvalue weighted by Crippen LogP contribution is 2.30. The van der Waals surface area contributed by atoms with Crippen molar-refractivity contribution < 1.29 is 59.6 Å². The van der Waals surface area contributed by atoms with Crippen LogP contribution in [0.3, 0.4) is 0 Å². The van der Waals surface area contributed by atoms with Gasteiger partial charge in [-0.05, 0) is 12.1 Å². The zero-order valence-corrected chi connectivity index (χ0v) is 16.5. The first-order chi connectivity index (χ1) is 15.2. The highest BCUT2D eigenvalue weighted by molar-refractivity contribution is 5.36. The van der Waals surface area contributed by atoms with Gasteiger partial charge < -0.3 is 54.7 Å². The third kappa shape index (κ3) is 4.99. The summed E-state index contributed by atoms with van der Waals surface area (Å²) in [5.41, 5.74) is -0.191. The van der Waals surface area contributed by atoms with Crippen LogP contribution in [0.2, 0.25) is 0 Å². The molecule has 1 unspecified atom stereocenters. The van der Waals surface area contributed by atoms with Gasteiger partial charge in [-0.3, -0.25) is 10.1 Å².